The molecule has 0 atom stereocenters. The van der Waals surface area contributed by atoms with Crippen molar-refractivity contribution in [2.45, 2.75) is 38.9 Å². The minimum atomic E-state index is -1.32. The van der Waals surface area contributed by atoms with Crippen molar-refractivity contribution in [3.63, 3.8) is 0 Å². The van der Waals surface area contributed by atoms with Crippen LogP contribution < -0.4 is 0 Å². The molecule has 0 amide bonds. The molecule has 5 heteroatoms. The molecule has 0 spiro atoms. The maximum atomic E-state index is 6.07. The first-order valence-corrected chi connectivity index (χ1v) is 10.2. The molecule has 0 bridgehead atoms. The van der Waals surface area contributed by atoms with Gasteiger partial charge in [-0.3, -0.25) is 0 Å². The van der Waals surface area contributed by atoms with Crippen LogP contribution in [0.5, 0.6) is 0 Å². The Labute approximate surface area is 134 Å². The van der Waals surface area contributed by atoms with Gasteiger partial charge in [0, 0.05) is 0 Å². The van der Waals surface area contributed by atoms with Gasteiger partial charge in [0.15, 0.2) is 0 Å². The fourth-order valence-electron chi connectivity index (χ4n) is 1.57. The Kier molecular flexibility index (Phi) is 5.11. The summed E-state index contributed by atoms with van der Waals surface area (Å²) >= 11 is 2.15. The Balaban J connectivity index is 1.90. The molecule has 0 unspecified atom stereocenters. The van der Waals surface area contributed by atoms with Gasteiger partial charge in [-0.1, -0.05) is 0 Å². The van der Waals surface area contributed by atoms with Gasteiger partial charge in [0.1, 0.15) is 0 Å². The normalized spacial score (nSPS) is 12.8. The van der Waals surface area contributed by atoms with Gasteiger partial charge in [-0.15, -0.1) is 0 Å². The van der Waals surface area contributed by atoms with Crippen molar-refractivity contribution in [2.24, 2.45) is 0 Å². The van der Waals surface area contributed by atoms with Crippen LogP contribution in [0.15, 0.2) is 35.0 Å². The van der Waals surface area contributed by atoms with Crippen LogP contribution in [0, 0.1) is 0 Å². The van der Waals surface area contributed by atoms with Crippen molar-refractivity contribution in [1.29, 1.82) is 0 Å². The van der Waals surface area contributed by atoms with Gasteiger partial charge >= 0.3 is 134 Å². The second kappa shape index (κ2) is 6.26. The van der Waals surface area contributed by atoms with Crippen molar-refractivity contribution in [3.05, 3.63) is 44.8 Å². The van der Waals surface area contributed by atoms with Gasteiger partial charge in [-0.2, -0.15) is 0 Å². The van der Waals surface area contributed by atoms with Crippen LogP contribution in [0.25, 0.3) is 0 Å². The SMILES string of the molecule is CC(C)([O][Sn][O]C(C)(C)c1cccs1)c1cccs1. The number of thiophene rings is 2. The third kappa shape index (κ3) is 4.04. The topological polar surface area (TPSA) is 18.5 Å². The molecule has 19 heavy (non-hydrogen) atoms. The molecule has 0 aliphatic rings. The van der Waals surface area contributed by atoms with Gasteiger partial charge in [0.25, 0.3) is 0 Å². The summed E-state index contributed by atoms with van der Waals surface area (Å²) in [5.74, 6) is 0. The Hall–Kier alpha value is 0.119. The molecule has 102 valence electrons. The average Bonchev–Trinajstić information content (AvgIpc) is 3.03. The van der Waals surface area contributed by atoms with Crippen molar-refractivity contribution >= 4 is 44.6 Å². The van der Waals surface area contributed by atoms with E-state index in [1.807, 2.05) is 0 Å². The molecule has 0 aliphatic carbocycles. The van der Waals surface area contributed by atoms with Crippen LogP contribution in [-0.4, -0.2) is 22.0 Å². The maximum absolute atomic E-state index is 6.07. The summed E-state index contributed by atoms with van der Waals surface area (Å²) in [7, 11) is 0. The van der Waals surface area contributed by atoms with E-state index >= 15 is 0 Å². The standard InChI is InChI=1S/2C7H9OS.Sn/c2*1-7(2,8)6-4-3-5-9-6;/h2*3-5H,1-2H3;/q2*-1;+2. The molecular formula is C14H18O2S2Sn. The molecule has 2 nitrogen and oxygen atoms in total. The van der Waals surface area contributed by atoms with Gasteiger partial charge in [-0.05, 0) is 0 Å². The van der Waals surface area contributed by atoms with Crippen LogP contribution in [0.3, 0.4) is 0 Å². The van der Waals surface area contributed by atoms with E-state index in [-0.39, 0.29) is 11.2 Å². The van der Waals surface area contributed by atoms with Gasteiger partial charge in [0.05, 0.1) is 0 Å². The molecule has 0 aromatic carbocycles. The minimum absolute atomic E-state index is 0.230. The molecule has 0 aliphatic heterocycles. The number of hydrogen-bond acceptors (Lipinski definition) is 4. The van der Waals surface area contributed by atoms with Crippen LogP contribution in [0.4, 0.5) is 0 Å². The molecule has 2 radical (unpaired) electrons. The van der Waals surface area contributed by atoms with E-state index in [4.69, 9.17) is 6.15 Å². The second-order valence-corrected chi connectivity index (χ2v) is 8.80. The van der Waals surface area contributed by atoms with E-state index in [0.717, 1.165) is 0 Å². The van der Waals surface area contributed by atoms with Gasteiger partial charge < -0.3 is 0 Å². The summed E-state index contributed by atoms with van der Waals surface area (Å²) in [4.78, 5) is 2.51. The van der Waals surface area contributed by atoms with Gasteiger partial charge in [-0.25, -0.2) is 0 Å². The molecule has 0 saturated heterocycles. The van der Waals surface area contributed by atoms with Crippen molar-refractivity contribution in [3.8, 4) is 0 Å². The first-order valence-electron chi connectivity index (χ1n) is 6.11. The molecule has 0 fully saturated rings. The molecule has 0 saturated carbocycles. The molecule has 2 heterocycles. The molecule has 0 N–H and O–H groups in total. The zero-order valence-corrected chi connectivity index (χ0v) is 16.1. The quantitative estimate of drug-likeness (QED) is 0.662. The number of rotatable bonds is 6. The Morgan fingerprint density at radius 1 is 0.842 bits per heavy atom. The Morgan fingerprint density at radius 2 is 1.26 bits per heavy atom. The monoisotopic (exact) mass is 402 g/mol. The molecule has 2 rings (SSSR count). The summed E-state index contributed by atoms with van der Waals surface area (Å²) in [6, 6.07) is 8.36. The van der Waals surface area contributed by atoms with E-state index in [1.54, 1.807) is 22.7 Å². The summed E-state index contributed by atoms with van der Waals surface area (Å²) in [6.07, 6.45) is 0. The molecular weight excluding hydrogens is 383 g/mol. The fourth-order valence-corrected chi connectivity index (χ4v) is 5.50. The average molecular weight is 401 g/mol. The zero-order chi connectivity index (χ0) is 13.9. The van der Waals surface area contributed by atoms with Crippen molar-refractivity contribution in [2.75, 3.05) is 0 Å². The third-order valence-corrected chi connectivity index (χ3v) is 8.56. The first-order chi connectivity index (χ1) is 8.92. The first kappa shape index (κ1) is 15.5. The predicted octanol–water partition coefficient (Wildman–Crippen LogP) is 4.55. The van der Waals surface area contributed by atoms with Gasteiger partial charge in [0.2, 0.25) is 0 Å². The third-order valence-electron chi connectivity index (χ3n) is 2.82. The van der Waals surface area contributed by atoms with E-state index in [9.17, 15) is 0 Å². The van der Waals surface area contributed by atoms with E-state index < -0.39 is 22.0 Å². The fraction of sp³-hybridized carbons (Fsp3) is 0.429. The van der Waals surface area contributed by atoms with Crippen molar-refractivity contribution < 1.29 is 6.15 Å². The Bertz CT molecular complexity index is 443. The second-order valence-electron chi connectivity index (χ2n) is 5.26. The molecule has 2 aromatic heterocycles. The summed E-state index contributed by atoms with van der Waals surface area (Å²) < 4.78 is 12.1. The van der Waals surface area contributed by atoms with Crippen LogP contribution in [0.1, 0.15) is 37.4 Å². The van der Waals surface area contributed by atoms with E-state index in [2.05, 4.69) is 62.7 Å². The van der Waals surface area contributed by atoms with Crippen LogP contribution in [0.2, 0.25) is 0 Å². The Morgan fingerprint density at radius 3 is 1.58 bits per heavy atom. The van der Waals surface area contributed by atoms with Crippen molar-refractivity contribution in [1.82, 2.24) is 0 Å². The zero-order valence-electron chi connectivity index (χ0n) is 11.6. The van der Waals surface area contributed by atoms with Crippen LogP contribution >= 0.6 is 22.7 Å². The van der Waals surface area contributed by atoms with E-state index in [0.29, 0.717) is 0 Å². The molecule has 2 aromatic rings. The van der Waals surface area contributed by atoms with E-state index in [1.165, 1.54) is 9.75 Å². The summed E-state index contributed by atoms with van der Waals surface area (Å²) in [5.41, 5.74) is -0.461. The summed E-state index contributed by atoms with van der Waals surface area (Å²) in [5, 5.41) is 4.17. The number of hydrogen-bond donors (Lipinski definition) is 0. The summed E-state index contributed by atoms with van der Waals surface area (Å²) in [6.45, 7) is 8.45. The van der Waals surface area contributed by atoms with Crippen LogP contribution in [-0.2, 0) is 17.4 Å². The predicted molar refractivity (Wildman–Crippen MR) is 82.6 cm³/mol.